The third-order valence-corrected chi connectivity index (χ3v) is 6.00. The Hall–Kier alpha value is -1.72. The van der Waals surface area contributed by atoms with Crippen LogP contribution in [0.4, 0.5) is 5.69 Å². The monoisotopic (exact) mass is 435 g/mol. The fourth-order valence-corrected chi connectivity index (χ4v) is 4.15. The Morgan fingerprint density at radius 1 is 1.29 bits per heavy atom. The van der Waals surface area contributed by atoms with Crippen molar-refractivity contribution in [2.24, 2.45) is 0 Å². The maximum Gasteiger partial charge on any atom is 0.320 e. The first-order valence-electron chi connectivity index (χ1n) is 8.78. The van der Waals surface area contributed by atoms with Gasteiger partial charge in [-0.2, -0.15) is 4.31 Å². The Balaban J connectivity index is 0.00000392. The van der Waals surface area contributed by atoms with Crippen LogP contribution >= 0.6 is 12.4 Å². The lowest BCUT2D eigenvalue weighted by molar-refractivity contribution is -0.139. The van der Waals surface area contributed by atoms with Crippen molar-refractivity contribution in [2.45, 2.75) is 30.7 Å². The average molecular weight is 436 g/mol. The van der Waals surface area contributed by atoms with Gasteiger partial charge in [0.15, 0.2) is 0 Å². The topological polar surface area (TPSA) is 125 Å². The van der Waals surface area contributed by atoms with Gasteiger partial charge in [-0.05, 0) is 24.6 Å². The molecule has 0 spiro atoms. The van der Waals surface area contributed by atoms with Crippen LogP contribution in [0.25, 0.3) is 0 Å². The molecule has 1 aromatic carbocycles. The quantitative estimate of drug-likeness (QED) is 0.526. The first-order chi connectivity index (χ1) is 12.8. The highest BCUT2D eigenvalue weighted by Crippen LogP contribution is 2.20. The van der Waals surface area contributed by atoms with E-state index in [-0.39, 0.29) is 36.9 Å². The molecule has 3 N–H and O–H groups in total. The number of rotatable bonds is 9. The second-order valence-electron chi connectivity index (χ2n) is 6.15. The molecule has 0 aromatic heterocycles. The van der Waals surface area contributed by atoms with Crippen LogP contribution in [-0.4, -0.2) is 68.6 Å². The van der Waals surface area contributed by atoms with Gasteiger partial charge < -0.3 is 15.2 Å². The minimum Gasteiger partial charge on any atom is -0.480 e. The van der Waals surface area contributed by atoms with Crippen molar-refractivity contribution in [3.63, 3.8) is 0 Å². The molecule has 1 aromatic rings. The number of benzene rings is 1. The molecule has 1 amide bonds. The van der Waals surface area contributed by atoms with E-state index in [9.17, 15) is 18.0 Å². The predicted molar refractivity (Wildman–Crippen MR) is 106 cm³/mol. The maximum absolute atomic E-state index is 12.7. The smallest absolute Gasteiger partial charge is 0.320 e. The fraction of sp³-hybridized carbons (Fsp3) is 0.529. The summed E-state index contributed by atoms with van der Waals surface area (Å²) in [7, 11) is -3.66. The molecule has 0 bridgehead atoms. The van der Waals surface area contributed by atoms with Crippen molar-refractivity contribution in [2.75, 3.05) is 38.2 Å². The van der Waals surface area contributed by atoms with Crippen molar-refractivity contribution in [1.29, 1.82) is 0 Å². The largest absolute Gasteiger partial charge is 0.480 e. The van der Waals surface area contributed by atoms with E-state index in [4.69, 9.17) is 9.84 Å². The lowest BCUT2D eigenvalue weighted by atomic mass is 10.2. The van der Waals surface area contributed by atoms with E-state index in [1.165, 1.54) is 16.4 Å². The third-order valence-electron chi connectivity index (χ3n) is 4.11. The van der Waals surface area contributed by atoms with Gasteiger partial charge in [0.2, 0.25) is 15.9 Å². The lowest BCUT2D eigenvalue weighted by Crippen LogP contribution is -2.41. The molecule has 28 heavy (non-hydrogen) atoms. The van der Waals surface area contributed by atoms with Crippen molar-refractivity contribution in [3.8, 4) is 0 Å². The molecular formula is C17H26ClN3O6S. The van der Waals surface area contributed by atoms with Gasteiger partial charge in [-0.15, -0.1) is 12.4 Å². The molecule has 1 fully saturated rings. The number of nitrogens with one attached hydrogen (secondary N) is 2. The minimum absolute atomic E-state index is 0. The van der Waals surface area contributed by atoms with Crippen molar-refractivity contribution in [1.82, 2.24) is 9.62 Å². The van der Waals surface area contributed by atoms with Gasteiger partial charge in [0, 0.05) is 18.8 Å². The van der Waals surface area contributed by atoms with Gasteiger partial charge in [-0.1, -0.05) is 19.4 Å². The molecule has 0 saturated carbocycles. The third kappa shape index (κ3) is 6.71. The summed E-state index contributed by atoms with van der Waals surface area (Å²) >= 11 is 0. The summed E-state index contributed by atoms with van der Waals surface area (Å²) in [6.45, 7) is 2.96. The Bertz CT molecular complexity index is 768. The van der Waals surface area contributed by atoms with Gasteiger partial charge in [0.1, 0.15) is 6.04 Å². The normalized spacial score (nSPS) is 16.0. The van der Waals surface area contributed by atoms with E-state index < -0.39 is 27.9 Å². The molecule has 1 atom stereocenters. The Labute approximate surface area is 170 Å². The zero-order valence-electron chi connectivity index (χ0n) is 15.6. The van der Waals surface area contributed by atoms with Crippen molar-refractivity contribution in [3.05, 3.63) is 24.3 Å². The van der Waals surface area contributed by atoms with E-state index >= 15 is 0 Å². The van der Waals surface area contributed by atoms with Crippen molar-refractivity contribution < 1.29 is 27.9 Å². The highest BCUT2D eigenvalue weighted by molar-refractivity contribution is 7.89. The molecular weight excluding hydrogens is 410 g/mol. The number of hydrogen-bond donors (Lipinski definition) is 3. The van der Waals surface area contributed by atoms with Crippen LogP contribution < -0.4 is 10.6 Å². The molecule has 1 saturated heterocycles. The van der Waals surface area contributed by atoms with E-state index in [1.807, 2.05) is 6.92 Å². The highest BCUT2D eigenvalue weighted by Gasteiger charge is 2.26. The van der Waals surface area contributed by atoms with Gasteiger partial charge in [0.05, 0.1) is 24.7 Å². The maximum atomic E-state index is 12.7. The second kappa shape index (κ2) is 11.3. The molecule has 0 aliphatic carbocycles. The molecule has 1 heterocycles. The first kappa shape index (κ1) is 24.3. The number of aliphatic carboxylic acids is 1. The SMILES string of the molecule is CCCC(NCC(=O)Nc1cccc(S(=O)(=O)N2CCOCC2)c1)C(=O)O.Cl. The number of carboxylic acids is 1. The summed E-state index contributed by atoms with van der Waals surface area (Å²) in [6.07, 6.45) is 1.09. The summed E-state index contributed by atoms with van der Waals surface area (Å²) in [6, 6.07) is 5.20. The molecule has 9 nitrogen and oxygen atoms in total. The van der Waals surface area contributed by atoms with Gasteiger partial charge in [-0.25, -0.2) is 8.42 Å². The number of amides is 1. The molecule has 0 radical (unpaired) electrons. The Morgan fingerprint density at radius 3 is 2.57 bits per heavy atom. The molecule has 1 aliphatic rings. The van der Waals surface area contributed by atoms with E-state index in [2.05, 4.69) is 10.6 Å². The lowest BCUT2D eigenvalue weighted by Gasteiger charge is -2.26. The van der Waals surface area contributed by atoms with Gasteiger partial charge >= 0.3 is 5.97 Å². The van der Waals surface area contributed by atoms with E-state index in [1.54, 1.807) is 12.1 Å². The van der Waals surface area contributed by atoms with Crippen LogP contribution in [0.3, 0.4) is 0 Å². The predicted octanol–water partition coefficient (Wildman–Crippen LogP) is 0.911. The number of halogens is 1. The first-order valence-corrected chi connectivity index (χ1v) is 10.2. The van der Waals surface area contributed by atoms with Crippen LogP contribution in [0.5, 0.6) is 0 Å². The number of ether oxygens (including phenoxy) is 1. The molecule has 158 valence electrons. The molecule has 1 aliphatic heterocycles. The standard InChI is InChI=1S/C17H25N3O6S.ClH/c1-2-4-15(17(22)23)18-12-16(21)19-13-5-3-6-14(11-13)27(24,25)20-7-9-26-10-8-20;/h3,5-6,11,15,18H,2,4,7-10,12H2,1H3,(H,19,21)(H,22,23);1H. The Kier molecular flexibility index (Phi) is 9.83. The van der Waals surface area contributed by atoms with Gasteiger partial charge in [-0.3, -0.25) is 14.9 Å². The van der Waals surface area contributed by atoms with Crippen LogP contribution in [0.15, 0.2) is 29.2 Å². The Morgan fingerprint density at radius 2 is 1.96 bits per heavy atom. The number of hydrogen-bond acceptors (Lipinski definition) is 6. The fourth-order valence-electron chi connectivity index (χ4n) is 2.69. The average Bonchev–Trinajstić information content (AvgIpc) is 2.65. The molecule has 11 heteroatoms. The number of carbonyl (C=O) groups is 2. The molecule has 1 unspecified atom stereocenters. The van der Waals surface area contributed by atoms with Crippen LogP contribution in [0, 0.1) is 0 Å². The highest BCUT2D eigenvalue weighted by atomic mass is 35.5. The van der Waals surface area contributed by atoms with E-state index in [0.717, 1.165) is 0 Å². The van der Waals surface area contributed by atoms with Crippen LogP contribution in [0.1, 0.15) is 19.8 Å². The summed E-state index contributed by atoms with van der Waals surface area (Å²) < 4.78 is 31.9. The number of sulfonamides is 1. The zero-order chi connectivity index (χ0) is 19.9. The number of morpholine rings is 1. The summed E-state index contributed by atoms with van der Waals surface area (Å²) in [4.78, 5) is 23.2. The number of nitrogens with zero attached hydrogens (tertiary/aromatic N) is 1. The number of carboxylic acid groups (broad SMARTS) is 1. The van der Waals surface area contributed by atoms with E-state index in [0.29, 0.717) is 31.7 Å². The second-order valence-corrected chi connectivity index (χ2v) is 8.09. The minimum atomic E-state index is -3.66. The molecule has 2 rings (SSSR count). The zero-order valence-corrected chi connectivity index (χ0v) is 17.2. The van der Waals surface area contributed by atoms with Crippen LogP contribution in [-0.2, 0) is 24.3 Å². The summed E-state index contributed by atoms with van der Waals surface area (Å²) in [5, 5.41) is 14.4. The number of carbonyl (C=O) groups excluding carboxylic acids is 1. The van der Waals surface area contributed by atoms with Crippen LogP contribution in [0.2, 0.25) is 0 Å². The summed E-state index contributed by atoms with van der Waals surface area (Å²) in [5.41, 5.74) is 0.332. The number of anilines is 1. The van der Waals surface area contributed by atoms with Crippen molar-refractivity contribution >= 4 is 40.0 Å². The summed E-state index contributed by atoms with van der Waals surface area (Å²) in [5.74, 6) is -1.46. The van der Waals surface area contributed by atoms with Gasteiger partial charge in [0.25, 0.3) is 0 Å².